The zero-order chi connectivity index (χ0) is 16.9. The van der Waals surface area contributed by atoms with Gasteiger partial charge in [0.15, 0.2) is 11.5 Å². The highest BCUT2D eigenvalue weighted by Gasteiger charge is 2.22. The smallest absolute Gasteiger partial charge is 0.237 e. The number of rotatable bonds is 6. The number of amides is 1. The summed E-state index contributed by atoms with van der Waals surface area (Å²) in [5.74, 6) is 1.70. The van der Waals surface area contributed by atoms with Crippen molar-refractivity contribution in [3.8, 4) is 11.5 Å². The predicted octanol–water partition coefficient (Wildman–Crippen LogP) is 0.930. The summed E-state index contributed by atoms with van der Waals surface area (Å²) in [6.45, 7) is 4.39. The van der Waals surface area contributed by atoms with E-state index in [1.54, 1.807) is 14.2 Å². The van der Waals surface area contributed by atoms with Crippen molar-refractivity contribution >= 4 is 5.91 Å². The summed E-state index contributed by atoms with van der Waals surface area (Å²) in [5, 5.41) is 6.28. The fourth-order valence-corrected chi connectivity index (χ4v) is 3.50. The average Bonchev–Trinajstić information content (AvgIpc) is 3.15. The first kappa shape index (κ1) is 17.0. The Morgan fingerprint density at radius 3 is 2.71 bits per heavy atom. The number of fused-ring (bicyclic) bond motifs is 1. The Hall–Kier alpha value is -1.79. The van der Waals surface area contributed by atoms with Gasteiger partial charge >= 0.3 is 0 Å². The highest BCUT2D eigenvalue weighted by atomic mass is 16.5. The van der Waals surface area contributed by atoms with Crippen molar-refractivity contribution in [2.75, 3.05) is 40.4 Å². The molecule has 2 N–H and O–H groups in total. The van der Waals surface area contributed by atoms with Crippen LogP contribution in [-0.2, 0) is 17.8 Å². The SMILES string of the molecule is COc1cc2c(cc1OC)CN(CCNC(=O)C1CCCN1)CC2. The average molecular weight is 333 g/mol. The number of methoxy groups -OCH3 is 2. The fraction of sp³-hybridized carbons (Fsp3) is 0.611. The molecule has 0 radical (unpaired) electrons. The maximum atomic E-state index is 12.0. The van der Waals surface area contributed by atoms with E-state index in [0.29, 0.717) is 6.54 Å². The number of carbonyl (C=O) groups is 1. The Morgan fingerprint density at radius 1 is 1.29 bits per heavy atom. The van der Waals surface area contributed by atoms with Crippen molar-refractivity contribution in [3.63, 3.8) is 0 Å². The summed E-state index contributed by atoms with van der Waals surface area (Å²) in [6, 6.07) is 4.16. The van der Waals surface area contributed by atoms with Crippen molar-refractivity contribution < 1.29 is 14.3 Å². The molecule has 6 heteroatoms. The molecule has 0 saturated carbocycles. The Kier molecular flexibility index (Phi) is 5.58. The van der Waals surface area contributed by atoms with Crippen LogP contribution in [0.25, 0.3) is 0 Å². The van der Waals surface area contributed by atoms with E-state index in [1.165, 1.54) is 11.1 Å². The maximum absolute atomic E-state index is 12.0. The fourth-order valence-electron chi connectivity index (χ4n) is 3.50. The van der Waals surface area contributed by atoms with Crippen molar-refractivity contribution in [2.24, 2.45) is 0 Å². The van der Waals surface area contributed by atoms with E-state index in [9.17, 15) is 4.79 Å². The van der Waals surface area contributed by atoms with Crippen LogP contribution in [0.15, 0.2) is 12.1 Å². The molecule has 1 fully saturated rings. The third-order valence-electron chi connectivity index (χ3n) is 4.90. The molecule has 0 aromatic heterocycles. The lowest BCUT2D eigenvalue weighted by Crippen LogP contribution is -2.44. The van der Waals surface area contributed by atoms with E-state index < -0.39 is 0 Å². The highest BCUT2D eigenvalue weighted by Crippen LogP contribution is 2.33. The second-order valence-corrected chi connectivity index (χ2v) is 6.44. The minimum absolute atomic E-state index is 0.00353. The van der Waals surface area contributed by atoms with Gasteiger partial charge in [0.2, 0.25) is 5.91 Å². The molecule has 24 heavy (non-hydrogen) atoms. The summed E-state index contributed by atoms with van der Waals surface area (Å²) >= 11 is 0. The molecule has 2 aliphatic heterocycles. The van der Waals surface area contributed by atoms with Gasteiger partial charge in [0.25, 0.3) is 0 Å². The lowest BCUT2D eigenvalue weighted by atomic mass is 9.99. The molecule has 0 spiro atoms. The van der Waals surface area contributed by atoms with E-state index in [0.717, 1.165) is 56.9 Å². The van der Waals surface area contributed by atoms with Crippen molar-refractivity contribution in [3.05, 3.63) is 23.3 Å². The van der Waals surface area contributed by atoms with Gasteiger partial charge in [-0.2, -0.15) is 0 Å². The molecule has 0 aliphatic carbocycles. The Bertz CT molecular complexity index is 585. The zero-order valence-corrected chi connectivity index (χ0v) is 14.6. The van der Waals surface area contributed by atoms with E-state index in [4.69, 9.17) is 9.47 Å². The van der Waals surface area contributed by atoms with E-state index in [-0.39, 0.29) is 11.9 Å². The van der Waals surface area contributed by atoms with Crippen molar-refractivity contribution in [2.45, 2.75) is 31.8 Å². The topological polar surface area (TPSA) is 62.8 Å². The lowest BCUT2D eigenvalue weighted by Gasteiger charge is -2.29. The van der Waals surface area contributed by atoms with Gasteiger partial charge in [-0.25, -0.2) is 0 Å². The van der Waals surface area contributed by atoms with Gasteiger partial charge in [0, 0.05) is 26.2 Å². The molecule has 0 bridgehead atoms. The quantitative estimate of drug-likeness (QED) is 0.811. The number of ether oxygens (including phenoxy) is 2. The molecule has 2 aliphatic rings. The summed E-state index contributed by atoms with van der Waals surface area (Å²) in [6.07, 6.45) is 3.03. The molecule has 2 heterocycles. The molecule has 1 atom stereocenters. The Labute approximate surface area is 143 Å². The molecule has 1 aromatic carbocycles. The molecule has 132 valence electrons. The van der Waals surface area contributed by atoms with Crippen LogP contribution >= 0.6 is 0 Å². The predicted molar refractivity (Wildman–Crippen MR) is 92.6 cm³/mol. The van der Waals surface area contributed by atoms with Crippen molar-refractivity contribution in [1.82, 2.24) is 15.5 Å². The van der Waals surface area contributed by atoms with Crippen LogP contribution in [-0.4, -0.2) is 57.2 Å². The molecule has 1 saturated heterocycles. The molecule has 1 amide bonds. The maximum Gasteiger partial charge on any atom is 0.237 e. The normalized spacial score (nSPS) is 20.5. The van der Waals surface area contributed by atoms with Crippen LogP contribution < -0.4 is 20.1 Å². The first-order chi connectivity index (χ1) is 11.7. The first-order valence-electron chi connectivity index (χ1n) is 8.68. The Morgan fingerprint density at radius 2 is 2.04 bits per heavy atom. The third kappa shape index (κ3) is 3.82. The number of benzene rings is 1. The van der Waals surface area contributed by atoms with Crippen LogP contribution in [0.1, 0.15) is 24.0 Å². The van der Waals surface area contributed by atoms with Gasteiger partial charge in [-0.05, 0) is 49.1 Å². The third-order valence-corrected chi connectivity index (χ3v) is 4.90. The summed E-state index contributed by atoms with van der Waals surface area (Å²) in [7, 11) is 3.33. The standard InChI is InChI=1S/C18H27N3O3/c1-23-16-10-13-5-8-21(12-14(13)11-17(16)24-2)9-7-20-18(22)15-4-3-6-19-15/h10-11,15,19H,3-9,12H2,1-2H3,(H,20,22). The minimum atomic E-state index is 0.00353. The molecule has 6 nitrogen and oxygen atoms in total. The monoisotopic (exact) mass is 333 g/mol. The minimum Gasteiger partial charge on any atom is -0.493 e. The van der Waals surface area contributed by atoms with Crippen LogP contribution in [0.3, 0.4) is 0 Å². The van der Waals surface area contributed by atoms with Crippen LogP contribution in [0.5, 0.6) is 11.5 Å². The molecular formula is C18H27N3O3. The molecule has 3 rings (SSSR count). The van der Waals surface area contributed by atoms with E-state index >= 15 is 0 Å². The second-order valence-electron chi connectivity index (χ2n) is 6.44. The van der Waals surface area contributed by atoms with Crippen LogP contribution in [0.4, 0.5) is 0 Å². The van der Waals surface area contributed by atoms with Crippen molar-refractivity contribution in [1.29, 1.82) is 0 Å². The van der Waals surface area contributed by atoms with Gasteiger partial charge in [-0.3, -0.25) is 9.69 Å². The molecular weight excluding hydrogens is 306 g/mol. The van der Waals surface area contributed by atoms with Crippen LogP contribution in [0.2, 0.25) is 0 Å². The zero-order valence-electron chi connectivity index (χ0n) is 14.6. The van der Waals surface area contributed by atoms with Gasteiger partial charge in [-0.1, -0.05) is 0 Å². The number of hydrogen-bond donors (Lipinski definition) is 2. The van der Waals surface area contributed by atoms with Gasteiger partial charge in [0.05, 0.1) is 20.3 Å². The summed E-state index contributed by atoms with van der Waals surface area (Å²) < 4.78 is 10.8. The van der Waals surface area contributed by atoms with E-state index in [2.05, 4.69) is 27.7 Å². The van der Waals surface area contributed by atoms with Gasteiger partial charge < -0.3 is 20.1 Å². The highest BCUT2D eigenvalue weighted by molar-refractivity contribution is 5.81. The Balaban J connectivity index is 1.52. The number of hydrogen-bond acceptors (Lipinski definition) is 5. The first-order valence-corrected chi connectivity index (χ1v) is 8.68. The summed E-state index contributed by atoms with van der Waals surface area (Å²) in [5.41, 5.74) is 2.60. The second kappa shape index (κ2) is 7.85. The molecule has 1 unspecified atom stereocenters. The number of nitrogens with zero attached hydrogens (tertiary/aromatic N) is 1. The van der Waals surface area contributed by atoms with E-state index in [1.807, 2.05) is 0 Å². The number of carbonyl (C=O) groups excluding carboxylic acids is 1. The number of nitrogens with one attached hydrogen (secondary N) is 2. The summed E-state index contributed by atoms with van der Waals surface area (Å²) in [4.78, 5) is 14.4. The largest absolute Gasteiger partial charge is 0.493 e. The lowest BCUT2D eigenvalue weighted by molar-refractivity contribution is -0.122. The van der Waals surface area contributed by atoms with Gasteiger partial charge in [-0.15, -0.1) is 0 Å². The molecule has 1 aromatic rings. The van der Waals surface area contributed by atoms with Gasteiger partial charge in [0.1, 0.15) is 0 Å². The van der Waals surface area contributed by atoms with Crippen LogP contribution in [0, 0.1) is 0 Å².